The van der Waals surface area contributed by atoms with Gasteiger partial charge in [0.1, 0.15) is 0 Å². The van der Waals surface area contributed by atoms with Gasteiger partial charge in [0.05, 0.1) is 11.1 Å². The van der Waals surface area contributed by atoms with Crippen LogP contribution in [0.25, 0.3) is 22.0 Å². The Bertz CT molecular complexity index is 919. The highest BCUT2D eigenvalue weighted by molar-refractivity contribution is 6.03. The predicted molar refractivity (Wildman–Crippen MR) is 88.4 cm³/mol. The molecule has 23 heavy (non-hydrogen) atoms. The topological polar surface area (TPSA) is 79.3 Å². The molecule has 0 spiro atoms. The molecule has 1 amide bonds. The van der Waals surface area contributed by atoms with Crippen LogP contribution in [0.2, 0.25) is 0 Å². The van der Waals surface area contributed by atoms with Gasteiger partial charge in [0, 0.05) is 24.2 Å². The van der Waals surface area contributed by atoms with Crippen LogP contribution in [0, 0.1) is 0 Å². The molecular formula is C18H14N2O3. The number of hydrogen-bond donors (Lipinski definition) is 2. The Kier molecular flexibility index (Phi) is 3.76. The Hall–Kier alpha value is -3.21. The van der Waals surface area contributed by atoms with E-state index in [-0.39, 0.29) is 11.5 Å². The summed E-state index contributed by atoms with van der Waals surface area (Å²) in [5.74, 6) is -1.13. The van der Waals surface area contributed by atoms with Crippen LogP contribution in [0.1, 0.15) is 17.3 Å². The summed E-state index contributed by atoms with van der Waals surface area (Å²) in [4.78, 5) is 26.7. The number of anilines is 1. The van der Waals surface area contributed by atoms with Crippen molar-refractivity contribution in [2.24, 2.45) is 0 Å². The maximum absolute atomic E-state index is 11.4. The number of nitrogens with one attached hydrogen (secondary N) is 1. The molecule has 114 valence electrons. The summed E-state index contributed by atoms with van der Waals surface area (Å²) in [5.41, 5.74) is 3.29. The number of pyridine rings is 1. The molecule has 0 radical (unpaired) electrons. The molecule has 0 aliphatic carbocycles. The zero-order chi connectivity index (χ0) is 16.4. The van der Waals surface area contributed by atoms with Crippen molar-refractivity contribution in [1.82, 2.24) is 4.98 Å². The zero-order valence-corrected chi connectivity index (χ0v) is 12.4. The first kappa shape index (κ1) is 14.7. The number of nitrogens with zero attached hydrogens (tertiary/aromatic N) is 1. The van der Waals surface area contributed by atoms with Crippen LogP contribution < -0.4 is 5.32 Å². The fourth-order valence-electron chi connectivity index (χ4n) is 2.49. The number of carboxylic acids is 1. The highest BCUT2D eigenvalue weighted by Crippen LogP contribution is 2.27. The second-order valence-electron chi connectivity index (χ2n) is 5.16. The minimum atomic E-state index is -0.985. The van der Waals surface area contributed by atoms with E-state index in [1.807, 2.05) is 24.3 Å². The summed E-state index contributed by atoms with van der Waals surface area (Å²) < 4.78 is 0. The van der Waals surface area contributed by atoms with E-state index in [1.165, 1.54) is 19.2 Å². The lowest BCUT2D eigenvalue weighted by atomic mass is 10.0. The monoisotopic (exact) mass is 306 g/mol. The average Bonchev–Trinajstić information content (AvgIpc) is 2.53. The Labute approximate surface area is 132 Å². The van der Waals surface area contributed by atoms with Crippen LogP contribution in [0.4, 0.5) is 5.69 Å². The molecule has 3 rings (SSSR count). The standard InChI is InChI=1S/C18H14N2O3/c1-11(21)20-14-4-2-3-12(9-14)13-5-6-17-16(10-13)15(18(22)23)7-8-19-17/h2-10H,1H3,(H,20,21)(H,22,23). The average molecular weight is 306 g/mol. The van der Waals surface area contributed by atoms with E-state index in [2.05, 4.69) is 10.3 Å². The van der Waals surface area contributed by atoms with E-state index in [9.17, 15) is 14.7 Å². The van der Waals surface area contributed by atoms with Crippen molar-refractivity contribution in [3.8, 4) is 11.1 Å². The highest BCUT2D eigenvalue weighted by atomic mass is 16.4. The molecule has 2 N–H and O–H groups in total. The molecule has 2 aromatic carbocycles. The minimum Gasteiger partial charge on any atom is -0.478 e. The lowest BCUT2D eigenvalue weighted by molar-refractivity contribution is -0.114. The molecule has 0 fully saturated rings. The van der Waals surface area contributed by atoms with Crippen molar-refractivity contribution in [2.45, 2.75) is 6.92 Å². The largest absolute Gasteiger partial charge is 0.478 e. The molecule has 1 heterocycles. The van der Waals surface area contributed by atoms with E-state index in [1.54, 1.807) is 18.2 Å². The van der Waals surface area contributed by atoms with Gasteiger partial charge in [-0.05, 0) is 41.5 Å². The lowest BCUT2D eigenvalue weighted by Gasteiger charge is -2.08. The number of benzene rings is 2. The van der Waals surface area contributed by atoms with Crippen LogP contribution in [0.5, 0.6) is 0 Å². The van der Waals surface area contributed by atoms with Crippen molar-refractivity contribution < 1.29 is 14.7 Å². The summed E-state index contributed by atoms with van der Waals surface area (Å²) in [6, 6.07) is 14.4. The Morgan fingerprint density at radius 2 is 1.83 bits per heavy atom. The van der Waals surface area contributed by atoms with Gasteiger partial charge in [-0.1, -0.05) is 18.2 Å². The second-order valence-corrected chi connectivity index (χ2v) is 5.16. The van der Waals surface area contributed by atoms with Crippen molar-refractivity contribution >= 4 is 28.5 Å². The van der Waals surface area contributed by atoms with Crippen molar-refractivity contribution in [3.63, 3.8) is 0 Å². The number of fused-ring (bicyclic) bond motifs is 1. The smallest absolute Gasteiger partial charge is 0.336 e. The van der Waals surface area contributed by atoms with Crippen molar-refractivity contribution in [3.05, 3.63) is 60.3 Å². The molecule has 5 nitrogen and oxygen atoms in total. The van der Waals surface area contributed by atoms with E-state index in [4.69, 9.17) is 0 Å². The van der Waals surface area contributed by atoms with Crippen LogP contribution in [0.15, 0.2) is 54.7 Å². The van der Waals surface area contributed by atoms with E-state index >= 15 is 0 Å². The second kappa shape index (κ2) is 5.88. The van der Waals surface area contributed by atoms with E-state index in [0.717, 1.165) is 11.1 Å². The molecule has 1 aromatic heterocycles. The maximum Gasteiger partial charge on any atom is 0.336 e. The van der Waals surface area contributed by atoms with Gasteiger partial charge in [0.25, 0.3) is 0 Å². The van der Waals surface area contributed by atoms with E-state index < -0.39 is 5.97 Å². The number of carboxylic acid groups (broad SMARTS) is 1. The first-order valence-corrected chi connectivity index (χ1v) is 7.05. The minimum absolute atomic E-state index is 0.141. The van der Waals surface area contributed by atoms with Gasteiger partial charge >= 0.3 is 5.97 Å². The summed E-state index contributed by atoms with van der Waals surface area (Å²) >= 11 is 0. The Morgan fingerprint density at radius 1 is 1.04 bits per heavy atom. The van der Waals surface area contributed by atoms with Gasteiger partial charge < -0.3 is 10.4 Å². The lowest BCUT2D eigenvalue weighted by Crippen LogP contribution is -2.05. The molecule has 3 aromatic rings. The molecule has 0 unspecified atom stereocenters. The molecule has 0 saturated heterocycles. The van der Waals surface area contributed by atoms with Crippen LogP contribution >= 0.6 is 0 Å². The first-order valence-electron chi connectivity index (χ1n) is 7.05. The van der Waals surface area contributed by atoms with Gasteiger partial charge in [0.15, 0.2) is 0 Å². The van der Waals surface area contributed by atoms with Crippen LogP contribution in [-0.2, 0) is 4.79 Å². The number of aromatic carboxylic acids is 1. The molecule has 0 aliphatic rings. The quantitative estimate of drug-likeness (QED) is 0.775. The number of carbonyl (C=O) groups is 2. The first-order chi connectivity index (χ1) is 11.0. The van der Waals surface area contributed by atoms with Crippen LogP contribution in [-0.4, -0.2) is 22.0 Å². The Balaban J connectivity index is 2.12. The van der Waals surface area contributed by atoms with Gasteiger partial charge in [0.2, 0.25) is 5.91 Å². The third kappa shape index (κ3) is 3.03. The molecule has 0 saturated carbocycles. The van der Waals surface area contributed by atoms with Gasteiger partial charge in [-0.3, -0.25) is 9.78 Å². The fraction of sp³-hybridized carbons (Fsp3) is 0.0556. The predicted octanol–water partition coefficient (Wildman–Crippen LogP) is 3.56. The molecule has 0 atom stereocenters. The number of carbonyl (C=O) groups excluding carboxylic acids is 1. The third-order valence-corrected chi connectivity index (χ3v) is 3.49. The summed E-state index contributed by atoms with van der Waals surface area (Å²) in [6.45, 7) is 1.45. The van der Waals surface area contributed by atoms with Crippen molar-refractivity contribution in [2.75, 3.05) is 5.32 Å². The normalized spacial score (nSPS) is 10.5. The highest BCUT2D eigenvalue weighted by Gasteiger charge is 2.10. The Morgan fingerprint density at radius 3 is 2.57 bits per heavy atom. The third-order valence-electron chi connectivity index (χ3n) is 3.49. The number of amides is 1. The fourth-order valence-corrected chi connectivity index (χ4v) is 2.49. The van der Waals surface area contributed by atoms with Gasteiger partial charge in [-0.2, -0.15) is 0 Å². The maximum atomic E-state index is 11.4. The van der Waals surface area contributed by atoms with Gasteiger partial charge in [-0.25, -0.2) is 4.79 Å². The summed E-state index contributed by atoms with van der Waals surface area (Å²) in [6.07, 6.45) is 1.49. The summed E-state index contributed by atoms with van der Waals surface area (Å²) in [5, 5.41) is 12.6. The summed E-state index contributed by atoms with van der Waals surface area (Å²) in [7, 11) is 0. The SMILES string of the molecule is CC(=O)Nc1cccc(-c2ccc3nccc(C(=O)O)c3c2)c1. The van der Waals surface area contributed by atoms with E-state index in [0.29, 0.717) is 16.6 Å². The van der Waals surface area contributed by atoms with Crippen LogP contribution in [0.3, 0.4) is 0 Å². The van der Waals surface area contributed by atoms with Crippen molar-refractivity contribution in [1.29, 1.82) is 0 Å². The molecule has 5 heteroatoms. The zero-order valence-electron chi connectivity index (χ0n) is 12.4. The van der Waals surface area contributed by atoms with Gasteiger partial charge in [-0.15, -0.1) is 0 Å². The number of hydrogen-bond acceptors (Lipinski definition) is 3. The molecule has 0 bridgehead atoms. The number of aromatic nitrogens is 1. The number of rotatable bonds is 3. The molecular weight excluding hydrogens is 292 g/mol. The molecule has 0 aliphatic heterocycles.